The van der Waals surface area contributed by atoms with Gasteiger partial charge in [-0.2, -0.15) is 9.97 Å². The number of anilines is 3. The molecule has 0 saturated carbocycles. The molecule has 0 bridgehead atoms. The highest BCUT2D eigenvalue weighted by atomic mass is 15.2. The van der Waals surface area contributed by atoms with Gasteiger partial charge in [-0.1, -0.05) is 48.5 Å². The van der Waals surface area contributed by atoms with Gasteiger partial charge in [0.1, 0.15) is 5.82 Å². The molecule has 5 rings (SSSR count). The molecule has 0 spiro atoms. The Morgan fingerprint density at radius 1 is 0.862 bits per heavy atom. The van der Waals surface area contributed by atoms with E-state index >= 15 is 0 Å². The summed E-state index contributed by atoms with van der Waals surface area (Å²) in [5.74, 6) is 1.01. The van der Waals surface area contributed by atoms with Crippen molar-refractivity contribution in [3.63, 3.8) is 0 Å². The van der Waals surface area contributed by atoms with Crippen molar-refractivity contribution in [2.24, 2.45) is 0 Å². The minimum atomic E-state index is 0.0908. The summed E-state index contributed by atoms with van der Waals surface area (Å²) in [5.41, 5.74) is 13.7. The molecule has 0 aliphatic rings. The van der Waals surface area contributed by atoms with Crippen LogP contribution in [0.15, 0.2) is 60.8 Å². The Kier molecular flexibility index (Phi) is 3.87. The van der Waals surface area contributed by atoms with Gasteiger partial charge in [-0.15, -0.1) is 0 Å². The number of aromatic nitrogens is 4. The Hall–Kier alpha value is -4.00. The third-order valence-electron chi connectivity index (χ3n) is 5.09. The maximum absolute atomic E-state index is 5.96. The van der Waals surface area contributed by atoms with Gasteiger partial charge in [0.2, 0.25) is 5.95 Å². The highest BCUT2D eigenvalue weighted by Crippen LogP contribution is 2.30. The Morgan fingerprint density at radius 2 is 1.59 bits per heavy atom. The van der Waals surface area contributed by atoms with Crippen molar-refractivity contribution in [3.8, 4) is 0 Å². The van der Waals surface area contributed by atoms with Crippen LogP contribution in [0.2, 0.25) is 0 Å². The zero-order valence-corrected chi connectivity index (χ0v) is 15.9. The van der Waals surface area contributed by atoms with E-state index in [1.807, 2.05) is 11.9 Å². The molecular formula is C22H19N7. The van der Waals surface area contributed by atoms with Gasteiger partial charge in [-0.25, -0.2) is 9.97 Å². The van der Waals surface area contributed by atoms with Crippen LogP contribution in [0.4, 0.5) is 17.6 Å². The van der Waals surface area contributed by atoms with Crippen LogP contribution in [0, 0.1) is 0 Å². The number of nitrogens with zero attached hydrogens (tertiary/aromatic N) is 5. The maximum Gasteiger partial charge on any atom is 0.224 e. The number of benzene rings is 3. The number of nitrogens with two attached hydrogens (primary N) is 2. The molecule has 4 N–H and O–H groups in total. The summed E-state index contributed by atoms with van der Waals surface area (Å²) in [7, 11) is 1.98. The predicted molar refractivity (Wildman–Crippen MR) is 118 cm³/mol. The Bertz CT molecular complexity index is 1380. The van der Waals surface area contributed by atoms with Gasteiger partial charge in [-0.05, 0) is 33.2 Å². The van der Waals surface area contributed by atoms with E-state index < -0.39 is 0 Å². The number of nitrogen functional groups attached to an aromatic ring is 2. The van der Waals surface area contributed by atoms with E-state index in [0.29, 0.717) is 23.5 Å². The average Bonchev–Trinajstić information content (AvgIpc) is 2.73. The molecule has 0 aliphatic carbocycles. The van der Waals surface area contributed by atoms with Gasteiger partial charge in [0.15, 0.2) is 17.0 Å². The lowest BCUT2D eigenvalue weighted by Gasteiger charge is -2.20. The van der Waals surface area contributed by atoms with E-state index in [9.17, 15) is 0 Å². The fraction of sp³-hybridized carbons (Fsp3) is 0.0909. The molecule has 0 radical (unpaired) electrons. The van der Waals surface area contributed by atoms with Crippen LogP contribution in [-0.4, -0.2) is 27.0 Å². The van der Waals surface area contributed by atoms with Crippen molar-refractivity contribution in [1.82, 2.24) is 19.9 Å². The standard InChI is InChI=1S/C22H19N7/c1-29(18-11-25-21-19(26-18)20(23)27-22(24)28-21)12-14-10-13-6-2-3-7-15(13)17-9-5-4-8-16(14)17/h2-11H,12H2,1H3,(H4,23,24,25,27,28). The Labute approximate surface area is 167 Å². The van der Waals surface area contributed by atoms with Gasteiger partial charge < -0.3 is 16.4 Å². The first-order chi connectivity index (χ1) is 14.1. The first-order valence-electron chi connectivity index (χ1n) is 9.26. The third kappa shape index (κ3) is 2.93. The molecular weight excluding hydrogens is 362 g/mol. The molecule has 0 amide bonds. The molecule has 7 heteroatoms. The Morgan fingerprint density at radius 3 is 2.41 bits per heavy atom. The van der Waals surface area contributed by atoms with Gasteiger partial charge >= 0.3 is 0 Å². The zero-order valence-electron chi connectivity index (χ0n) is 15.9. The van der Waals surface area contributed by atoms with Crippen LogP contribution in [-0.2, 0) is 6.54 Å². The van der Waals surface area contributed by atoms with E-state index in [1.165, 1.54) is 27.1 Å². The minimum absolute atomic E-state index is 0.0908. The molecule has 0 atom stereocenters. The highest BCUT2D eigenvalue weighted by molar-refractivity contribution is 6.09. The summed E-state index contributed by atoms with van der Waals surface area (Å²) in [5, 5.41) is 4.93. The number of rotatable bonds is 3. The van der Waals surface area contributed by atoms with Crippen molar-refractivity contribution >= 4 is 50.3 Å². The van der Waals surface area contributed by atoms with Crippen LogP contribution in [0.3, 0.4) is 0 Å². The third-order valence-corrected chi connectivity index (χ3v) is 5.09. The molecule has 7 nitrogen and oxygen atoms in total. The minimum Gasteiger partial charge on any atom is -0.382 e. The van der Waals surface area contributed by atoms with Crippen LogP contribution in [0.5, 0.6) is 0 Å². The summed E-state index contributed by atoms with van der Waals surface area (Å²) in [6.07, 6.45) is 1.68. The van der Waals surface area contributed by atoms with E-state index in [2.05, 4.69) is 74.5 Å². The molecule has 0 aliphatic heterocycles. The number of hydrogen-bond acceptors (Lipinski definition) is 7. The smallest absolute Gasteiger partial charge is 0.224 e. The van der Waals surface area contributed by atoms with Crippen molar-refractivity contribution in [1.29, 1.82) is 0 Å². The highest BCUT2D eigenvalue weighted by Gasteiger charge is 2.13. The molecule has 2 aromatic heterocycles. The average molecular weight is 381 g/mol. The van der Waals surface area contributed by atoms with Crippen LogP contribution in [0.25, 0.3) is 32.7 Å². The van der Waals surface area contributed by atoms with E-state index in [1.54, 1.807) is 6.20 Å². The summed E-state index contributed by atoms with van der Waals surface area (Å²) in [6.45, 7) is 0.668. The van der Waals surface area contributed by atoms with Gasteiger partial charge in [0.25, 0.3) is 0 Å². The number of fused-ring (bicyclic) bond motifs is 4. The summed E-state index contributed by atoms with van der Waals surface area (Å²) in [4.78, 5) is 19.1. The fourth-order valence-corrected chi connectivity index (χ4v) is 3.72. The van der Waals surface area contributed by atoms with Crippen LogP contribution in [0.1, 0.15) is 5.56 Å². The molecule has 142 valence electrons. The SMILES string of the molecule is CN(Cc1cc2ccccc2c2ccccc12)c1cnc2nc(N)nc(N)c2n1. The summed E-state index contributed by atoms with van der Waals surface area (Å²) in [6, 6.07) is 19.1. The van der Waals surface area contributed by atoms with Crippen LogP contribution >= 0.6 is 0 Å². The second kappa shape index (κ2) is 6.56. The molecule has 2 heterocycles. The second-order valence-electron chi connectivity index (χ2n) is 7.03. The monoisotopic (exact) mass is 381 g/mol. The largest absolute Gasteiger partial charge is 0.382 e. The predicted octanol–water partition coefficient (Wildman–Crippen LogP) is 3.53. The lowest BCUT2D eigenvalue weighted by Crippen LogP contribution is -2.18. The van der Waals surface area contributed by atoms with E-state index in [0.717, 1.165) is 0 Å². The van der Waals surface area contributed by atoms with Crippen molar-refractivity contribution in [2.45, 2.75) is 6.54 Å². The zero-order chi connectivity index (χ0) is 20.0. The molecule has 5 aromatic rings. The fourth-order valence-electron chi connectivity index (χ4n) is 3.72. The van der Waals surface area contributed by atoms with Crippen molar-refractivity contribution in [3.05, 3.63) is 66.4 Å². The molecule has 29 heavy (non-hydrogen) atoms. The first kappa shape index (κ1) is 17.1. The van der Waals surface area contributed by atoms with E-state index in [-0.39, 0.29) is 11.8 Å². The van der Waals surface area contributed by atoms with Crippen LogP contribution < -0.4 is 16.4 Å². The number of hydrogen-bond donors (Lipinski definition) is 2. The van der Waals surface area contributed by atoms with E-state index in [4.69, 9.17) is 11.5 Å². The molecule has 0 unspecified atom stereocenters. The summed E-state index contributed by atoms with van der Waals surface area (Å²) < 4.78 is 0. The summed E-state index contributed by atoms with van der Waals surface area (Å²) >= 11 is 0. The van der Waals surface area contributed by atoms with Gasteiger partial charge in [0.05, 0.1) is 6.20 Å². The topological polar surface area (TPSA) is 107 Å². The second-order valence-corrected chi connectivity index (χ2v) is 7.03. The normalized spacial score (nSPS) is 11.3. The Balaban J connectivity index is 1.59. The van der Waals surface area contributed by atoms with Crippen molar-refractivity contribution in [2.75, 3.05) is 23.4 Å². The molecule has 3 aromatic carbocycles. The molecule has 0 saturated heterocycles. The maximum atomic E-state index is 5.96. The molecule has 0 fully saturated rings. The quantitative estimate of drug-likeness (QED) is 0.460. The lowest BCUT2D eigenvalue weighted by atomic mass is 9.97. The lowest BCUT2D eigenvalue weighted by molar-refractivity contribution is 0.903. The van der Waals surface area contributed by atoms with Crippen molar-refractivity contribution < 1.29 is 0 Å². The van der Waals surface area contributed by atoms with Gasteiger partial charge in [-0.3, -0.25) is 0 Å². The first-order valence-corrected chi connectivity index (χ1v) is 9.26. The van der Waals surface area contributed by atoms with Gasteiger partial charge in [0, 0.05) is 13.6 Å².